The zero-order valence-corrected chi connectivity index (χ0v) is 11.3. The summed E-state index contributed by atoms with van der Waals surface area (Å²) in [4.78, 5) is 2.39. The van der Waals surface area contributed by atoms with Crippen LogP contribution in [0.4, 0.5) is 0 Å². The van der Waals surface area contributed by atoms with E-state index in [1.165, 1.54) is 22.8 Å². The normalized spacial score (nSPS) is 11.3. The summed E-state index contributed by atoms with van der Waals surface area (Å²) in [5, 5.41) is 5.90. The minimum Gasteiger partial charge on any atom is -0.320 e. The predicted octanol–water partition coefficient (Wildman–Crippen LogP) is 2.88. The Morgan fingerprint density at radius 3 is 2.67 bits per heavy atom. The van der Waals surface area contributed by atoms with E-state index in [0.29, 0.717) is 0 Å². The molecule has 0 aliphatic rings. The molecule has 0 aliphatic carbocycles. The van der Waals surface area contributed by atoms with E-state index < -0.39 is 0 Å². The molecule has 0 radical (unpaired) electrons. The first kappa shape index (κ1) is 13.1. The standard InChI is InChI=1S/C16H22N2/c1-17-11-6-12-18(2)13-15-9-5-8-14-7-3-4-10-16(14)15/h3-5,7-10,17H,6,11-13H2,1-2H3. The second-order valence-corrected chi connectivity index (χ2v) is 4.83. The average Bonchev–Trinajstić information content (AvgIpc) is 2.39. The van der Waals surface area contributed by atoms with Crippen LogP contribution in [0.15, 0.2) is 42.5 Å². The highest BCUT2D eigenvalue weighted by atomic mass is 15.1. The summed E-state index contributed by atoms with van der Waals surface area (Å²) in [6.07, 6.45) is 1.19. The van der Waals surface area contributed by atoms with Gasteiger partial charge in [0.2, 0.25) is 0 Å². The second kappa shape index (κ2) is 6.53. The van der Waals surface area contributed by atoms with Gasteiger partial charge in [-0.1, -0.05) is 42.5 Å². The first-order valence-electron chi connectivity index (χ1n) is 6.61. The van der Waals surface area contributed by atoms with Crippen molar-refractivity contribution in [3.05, 3.63) is 48.0 Å². The molecular formula is C16H22N2. The van der Waals surface area contributed by atoms with Gasteiger partial charge in [0.1, 0.15) is 0 Å². The third-order valence-electron chi connectivity index (χ3n) is 3.29. The highest BCUT2D eigenvalue weighted by molar-refractivity contribution is 5.85. The van der Waals surface area contributed by atoms with Crippen molar-refractivity contribution in [1.29, 1.82) is 0 Å². The van der Waals surface area contributed by atoms with Crippen LogP contribution in [0.25, 0.3) is 10.8 Å². The minimum absolute atomic E-state index is 1.02. The Kier molecular flexibility index (Phi) is 4.73. The van der Waals surface area contributed by atoms with Crippen molar-refractivity contribution in [1.82, 2.24) is 10.2 Å². The summed E-state index contributed by atoms with van der Waals surface area (Å²) >= 11 is 0. The Balaban J connectivity index is 2.07. The molecular weight excluding hydrogens is 220 g/mol. The lowest BCUT2D eigenvalue weighted by atomic mass is 10.0. The van der Waals surface area contributed by atoms with Gasteiger partial charge in [-0.15, -0.1) is 0 Å². The van der Waals surface area contributed by atoms with Gasteiger partial charge >= 0.3 is 0 Å². The number of hydrogen-bond acceptors (Lipinski definition) is 2. The maximum atomic E-state index is 3.19. The van der Waals surface area contributed by atoms with E-state index in [1.807, 2.05) is 7.05 Å². The number of fused-ring (bicyclic) bond motifs is 1. The van der Waals surface area contributed by atoms with Gasteiger partial charge in [-0.3, -0.25) is 0 Å². The fraction of sp³-hybridized carbons (Fsp3) is 0.375. The van der Waals surface area contributed by atoms with Gasteiger partial charge in [0.25, 0.3) is 0 Å². The van der Waals surface area contributed by atoms with Crippen molar-refractivity contribution >= 4 is 10.8 Å². The SMILES string of the molecule is CNCCCN(C)Cc1cccc2ccccc12. The van der Waals surface area contributed by atoms with Crippen molar-refractivity contribution in [2.45, 2.75) is 13.0 Å². The van der Waals surface area contributed by atoms with Crippen LogP contribution in [0.3, 0.4) is 0 Å². The molecule has 2 aromatic rings. The smallest absolute Gasteiger partial charge is 0.0236 e. The maximum Gasteiger partial charge on any atom is 0.0236 e. The van der Waals surface area contributed by atoms with Crippen LogP contribution >= 0.6 is 0 Å². The van der Waals surface area contributed by atoms with Gasteiger partial charge in [0.05, 0.1) is 0 Å². The Bertz CT molecular complexity index is 488. The zero-order chi connectivity index (χ0) is 12.8. The largest absolute Gasteiger partial charge is 0.320 e. The van der Waals surface area contributed by atoms with Crippen LogP contribution in [-0.4, -0.2) is 32.1 Å². The summed E-state index contributed by atoms with van der Waals surface area (Å²) in [6.45, 7) is 3.23. The van der Waals surface area contributed by atoms with Crippen LogP contribution in [0.1, 0.15) is 12.0 Å². The molecule has 1 N–H and O–H groups in total. The number of rotatable bonds is 6. The fourth-order valence-electron chi connectivity index (χ4n) is 2.33. The second-order valence-electron chi connectivity index (χ2n) is 4.83. The summed E-state index contributed by atoms with van der Waals surface area (Å²) in [5.74, 6) is 0. The summed E-state index contributed by atoms with van der Waals surface area (Å²) in [5.41, 5.74) is 1.42. The first-order chi connectivity index (χ1) is 8.81. The average molecular weight is 242 g/mol. The molecule has 0 aliphatic heterocycles. The van der Waals surface area contributed by atoms with Crippen LogP contribution in [-0.2, 0) is 6.54 Å². The molecule has 96 valence electrons. The number of nitrogens with one attached hydrogen (secondary N) is 1. The van der Waals surface area contributed by atoms with Gasteiger partial charge in [0, 0.05) is 6.54 Å². The van der Waals surface area contributed by atoms with E-state index in [1.54, 1.807) is 0 Å². The Hall–Kier alpha value is -1.38. The lowest BCUT2D eigenvalue weighted by Gasteiger charge is -2.17. The number of hydrogen-bond donors (Lipinski definition) is 1. The molecule has 0 saturated carbocycles. The molecule has 0 amide bonds. The summed E-state index contributed by atoms with van der Waals surface area (Å²) < 4.78 is 0. The molecule has 0 unspecified atom stereocenters. The topological polar surface area (TPSA) is 15.3 Å². The molecule has 0 atom stereocenters. The van der Waals surface area contributed by atoms with Crippen LogP contribution in [0.5, 0.6) is 0 Å². The third kappa shape index (κ3) is 3.31. The molecule has 2 rings (SSSR count). The molecule has 18 heavy (non-hydrogen) atoms. The minimum atomic E-state index is 1.02. The number of benzene rings is 2. The molecule has 2 heteroatoms. The quantitative estimate of drug-likeness (QED) is 0.784. The molecule has 2 nitrogen and oxygen atoms in total. The molecule has 2 aromatic carbocycles. The van der Waals surface area contributed by atoms with Gasteiger partial charge < -0.3 is 10.2 Å². The van der Waals surface area contributed by atoms with Gasteiger partial charge in [-0.2, -0.15) is 0 Å². The van der Waals surface area contributed by atoms with Crippen molar-refractivity contribution in [3.63, 3.8) is 0 Å². The summed E-state index contributed by atoms with van der Waals surface area (Å²) in [6, 6.07) is 15.2. The fourth-order valence-corrected chi connectivity index (χ4v) is 2.33. The van der Waals surface area contributed by atoms with Crippen molar-refractivity contribution in [3.8, 4) is 0 Å². The Morgan fingerprint density at radius 2 is 1.83 bits per heavy atom. The third-order valence-corrected chi connectivity index (χ3v) is 3.29. The Labute approximate surface area is 110 Å². The van der Waals surface area contributed by atoms with Crippen LogP contribution in [0.2, 0.25) is 0 Å². The van der Waals surface area contributed by atoms with Gasteiger partial charge in [0.15, 0.2) is 0 Å². The molecule has 0 saturated heterocycles. The highest BCUT2D eigenvalue weighted by Gasteiger charge is 2.03. The zero-order valence-electron chi connectivity index (χ0n) is 11.3. The van der Waals surface area contributed by atoms with E-state index in [2.05, 4.69) is 59.7 Å². The lowest BCUT2D eigenvalue weighted by molar-refractivity contribution is 0.322. The van der Waals surface area contributed by atoms with Gasteiger partial charge in [-0.05, 0) is 49.9 Å². The predicted molar refractivity (Wildman–Crippen MR) is 78.8 cm³/mol. The van der Waals surface area contributed by atoms with E-state index in [-0.39, 0.29) is 0 Å². The van der Waals surface area contributed by atoms with Crippen LogP contribution < -0.4 is 5.32 Å². The molecule has 0 spiro atoms. The molecule has 0 aromatic heterocycles. The maximum absolute atomic E-state index is 3.19. The van der Waals surface area contributed by atoms with E-state index in [0.717, 1.165) is 19.6 Å². The van der Waals surface area contributed by atoms with Crippen molar-refractivity contribution in [2.24, 2.45) is 0 Å². The van der Waals surface area contributed by atoms with E-state index in [4.69, 9.17) is 0 Å². The monoisotopic (exact) mass is 242 g/mol. The molecule has 0 heterocycles. The van der Waals surface area contributed by atoms with Crippen LogP contribution in [0, 0.1) is 0 Å². The van der Waals surface area contributed by atoms with Gasteiger partial charge in [-0.25, -0.2) is 0 Å². The summed E-state index contributed by atoms with van der Waals surface area (Å²) in [7, 11) is 4.20. The lowest BCUT2D eigenvalue weighted by Crippen LogP contribution is -2.22. The highest BCUT2D eigenvalue weighted by Crippen LogP contribution is 2.19. The van der Waals surface area contributed by atoms with Crippen molar-refractivity contribution < 1.29 is 0 Å². The molecule has 0 bridgehead atoms. The Morgan fingerprint density at radius 1 is 1.06 bits per heavy atom. The molecule has 0 fully saturated rings. The van der Waals surface area contributed by atoms with Crippen molar-refractivity contribution in [2.75, 3.05) is 27.2 Å². The first-order valence-corrected chi connectivity index (χ1v) is 6.61. The van der Waals surface area contributed by atoms with E-state index in [9.17, 15) is 0 Å². The van der Waals surface area contributed by atoms with E-state index >= 15 is 0 Å². The number of nitrogens with zero attached hydrogens (tertiary/aromatic N) is 1.